The largest absolute Gasteiger partial charge is 0.414 e. The fourth-order valence-electron chi connectivity index (χ4n) is 6.21. The van der Waals surface area contributed by atoms with Crippen molar-refractivity contribution >= 4 is 18.3 Å². The number of guanidine groups is 1. The molecule has 1 aliphatic heterocycles. The van der Waals surface area contributed by atoms with Crippen molar-refractivity contribution in [2.75, 3.05) is 27.2 Å². The Bertz CT molecular complexity index is 1230. The van der Waals surface area contributed by atoms with E-state index < -0.39 is 17.6 Å². The minimum atomic E-state index is -0.699. The molecule has 1 amide bonds. The third-order valence-electron chi connectivity index (χ3n) is 8.97. The molecule has 0 radical (unpaired) electrons. The minimum Gasteiger partial charge on any atom is -0.414 e. The van der Waals surface area contributed by atoms with Gasteiger partial charge in [0.25, 0.3) is 0 Å². The lowest BCUT2D eigenvalue weighted by molar-refractivity contribution is -0.112. The first-order valence-electron chi connectivity index (χ1n) is 15.9. The highest BCUT2D eigenvalue weighted by atomic mass is 16.6. The highest BCUT2D eigenvalue weighted by molar-refractivity contribution is 5.74. The molecule has 2 aromatic carbocycles. The second-order valence-corrected chi connectivity index (χ2v) is 12.8. The van der Waals surface area contributed by atoms with E-state index in [1.165, 1.54) is 0 Å². The molecular formula is C35H53N7O3. The molecule has 10 heteroatoms. The van der Waals surface area contributed by atoms with Crippen LogP contribution in [0.15, 0.2) is 72.5 Å². The van der Waals surface area contributed by atoms with Crippen LogP contribution in [0.2, 0.25) is 0 Å². The highest BCUT2D eigenvalue weighted by Crippen LogP contribution is 2.44. The molecule has 1 aliphatic rings. The molecule has 0 aliphatic carbocycles. The Kier molecular flexibility index (Phi) is 13.1. The number of nitrogens with zero attached hydrogens (tertiary/aromatic N) is 2. The summed E-state index contributed by atoms with van der Waals surface area (Å²) in [6, 6.07) is 20.3. The van der Waals surface area contributed by atoms with Gasteiger partial charge < -0.3 is 30.8 Å². The van der Waals surface area contributed by atoms with Crippen LogP contribution in [0.3, 0.4) is 0 Å². The first kappa shape index (κ1) is 35.7. The first-order valence-corrected chi connectivity index (χ1v) is 15.9. The van der Waals surface area contributed by atoms with Gasteiger partial charge in [-0.25, -0.2) is 15.2 Å². The Labute approximate surface area is 269 Å². The van der Waals surface area contributed by atoms with Gasteiger partial charge in [0.1, 0.15) is 12.0 Å². The monoisotopic (exact) mass is 619 g/mol. The molecular weight excluding hydrogens is 566 g/mol. The molecule has 0 bridgehead atoms. The number of carbonyl (C=O) groups excluding carboxylic acids is 2. The van der Waals surface area contributed by atoms with Crippen LogP contribution < -0.4 is 21.8 Å². The molecule has 1 heterocycles. The number of nitrogens with two attached hydrogens (primary N) is 1. The molecule has 6 N–H and O–H groups in total. The average Bonchev–Trinajstić information content (AvgIpc) is 3.31. The van der Waals surface area contributed by atoms with E-state index in [9.17, 15) is 9.59 Å². The van der Waals surface area contributed by atoms with Crippen LogP contribution in [0.4, 0.5) is 4.79 Å². The molecule has 2 unspecified atom stereocenters. The number of benzene rings is 2. The molecule has 10 nitrogen and oxygen atoms in total. The average molecular weight is 620 g/mol. The van der Waals surface area contributed by atoms with E-state index in [-0.39, 0.29) is 23.6 Å². The first-order chi connectivity index (χ1) is 21.4. The van der Waals surface area contributed by atoms with Crippen LogP contribution in [0.5, 0.6) is 0 Å². The summed E-state index contributed by atoms with van der Waals surface area (Å²) >= 11 is 0. The van der Waals surface area contributed by atoms with E-state index in [1.807, 2.05) is 49.4 Å². The summed E-state index contributed by atoms with van der Waals surface area (Å²) < 4.78 is 6.25. The number of carbonyl (C=O) groups is 2. The fourth-order valence-corrected chi connectivity index (χ4v) is 6.21. The van der Waals surface area contributed by atoms with Crippen molar-refractivity contribution in [2.24, 2.45) is 5.73 Å². The maximum atomic E-state index is 13.6. The lowest BCUT2D eigenvalue weighted by atomic mass is 9.68. The van der Waals surface area contributed by atoms with E-state index in [2.05, 4.69) is 85.1 Å². The molecule has 246 valence electrons. The Hall–Kier alpha value is -3.73. The molecule has 0 spiro atoms. The van der Waals surface area contributed by atoms with Gasteiger partial charge in [0, 0.05) is 30.7 Å². The lowest BCUT2D eigenvalue weighted by Crippen LogP contribution is -2.58. The summed E-state index contributed by atoms with van der Waals surface area (Å²) in [4.78, 5) is 27.7. The van der Waals surface area contributed by atoms with Crippen LogP contribution >= 0.6 is 0 Å². The van der Waals surface area contributed by atoms with Gasteiger partial charge in [-0.05, 0) is 91.1 Å². The van der Waals surface area contributed by atoms with E-state index in [0.717, 1.165) is 30.3 Å². The van der Waals surface area contributed by atoms with E-state index in [0.29, 0.717) is 38.1 Å². The summed E-state index contributed by atoms with van der Waals surface area (Å²) in [6.07, 6.45) is 6.05. The van der Waals surface area contributed by atoms with Gasteiger partial charge in [0.15, 0.2) is 5.96 Å². The summed E-state index contributed by atoms with van der Waals surface area (Å²) in [5.74, 6) is 0.496. The van der Waals surface area contributed by atoms with Gasteiger partial charge >= 0.3 is 6.09 Å². The van der Waals surface area contributed by atoms with Gasteiger partial charge in [-0.1, -0.05) is 60.7 Å². The SMILES string of the molecule is C/C=C(\OC(=O)NCC1CCC(C)(C)N1N[C@H](C=O)CCCNC(=N)N)C(CC(C)N(C)C)(c1ccccc1)c1ccccc1. The minimum absolute atomic E-state index is 0.0267. The lowest BCUT2D eigenvalue weighted by Gasteiger charge is -2.40. The second-order valence-electron chi connectivity index (χ2n) is 12.8. The Morgan fingerprint density at radius 3 is 2.24 bits per heavy atom. The van der Waals surface area contributed by atoms with Crippen LogP contribution in [-0.2, 0) is 14.9 Å². The number of allylic oxidation sites excluding steroid dienone is 2. The van der Waals surface area contributed by atoms with E-state index in [1.54, 1.807) is 0 Å². The van der Waals surface area contributed by atoms with Crippen LogP contribution in [0, 0.1) is 5.41 Å². The van der Waals surface area contributed by atoms with Crippen molar-refractivity contribution in [3.05, 3.63) is 83.6 Å². The topological polar surface area (TPSA) is 136 Å². The molecule has 3 rings (SSSR count). The zero-order chi connectivity index (χ0) is 33.0. The summed E-state index contributed by atoms with van der Waals surface area (Å²) in [6.45, 7) is 9.26. The van der Waals surface area contributed by atoms with Gasteiger partial charge in [-0.3, -0.25) is 5.41 Å². The maximum Gasteiger partial charge on any atom is 0.412 e. The Morgan fingerprint density at radius 2 is 1.73 bits per heavy atom. The van der Waals surface area contributed by atoms with Crippen LogP contribution in [-0.4, -0.2) is 79.1 Å². The molecule has 0 aromatic heterocycles. The van der Waals surface area contributed by atoms with Crippen molar-refractivity contribution in [1.29, 1.82) is 5.41 Å². The quantitative estimate of drug-likeness (QED) is 0.0609. The van der Waals surface area contributed by atoms with Gasteiger partial charge in [0.2, 0.25) is 0 Å². The number of hydrazine groups is 1. The maximum absolute atomic E-state index is 13.6. The van der Waals surface area contributed by atoms with Crippen molar-refractivity contribution < 1.29 is 14.3 Å². The molecule has 1 fully saturated rings. The fraction of sp³-hybridized carbons (Fsp3) is 0.514. The predicted octanol–water partition coefficient (Wildman–Crippen LogP) is 4.52. The number of hydrogen-bond donors (Lipinski definition) is 5. The molecule has 45 heavy (non-hydrogen) atoms. The summed E-state index contributed by atoms with van der Waals surface area (Å²) in [5, 5.41) is 15.2. The zero-order valence-electron chi connectivity index (χ0n) is 27.8. The van der Waals surface area contributed by atoms with E-state index >= 15 is 0 Å². The molecule has 3 atom stereocenters. The van der Waals surface area contributed by atoms with Crippen LogP contribution in [0.1, 0.15) is 70.9 Å². The van der Waals surface area contributed by atoms with Crippen molar-refractivity contribution in [1.82, 2.24) is 26.0 Å². The number of aldehydes is 1. The number of alkyl carbamates (subject to hydrolysis) is 1. The summed E-state index contributed by atoms with van der Waals surface area (Å²) in [5.41, 5.74) is 9.98. The molecule has 2 aromatic rings. The zero-order valence-corrected chi connectivity index (χ0v) is 27.8. The predicted molar refractivity (Wildman–Crippen MR) is 181 cm³/mol. The molecule has 0 saturated carbocycles. The summed E-state index contributed by atoms with van der Waals surface area (Å²) in [7, 11) is 4.13. The Morgan fingerprint density at radius 1 is 1.13 bits per heavy atom. The van der Waals surface area contributed by atoms with Crippen LogP contribution in [0.25, 0.3) is 0 Å². The van der Waals surface area contributed by atoms with Gasteiger partial charge in [-0.2, -0.15) is 0 Å². The normalized spacial score (nSPS) is 18.3. The van der Waals surface area contributed by atoms with Gasteiger partial charge in [0.05, 0.1) is 11.5 Å². The van der Waals surface area contributed by atoms with Crippen molar-refractivity contribution in [2.45, 2.75) is 88.9 Å². The highest BCUT2D eigenvalue weighted by Gasteiger charge is 2.43. The Balaban J connectivity index is 1.80. The smallest absolute Gasteiger partial charge is 0.412 e. The third kappa shape index (κ3) is 9.39. The molecule has 1 saturated heterocycles. The second kappa shape index (κ2) is 16.5. The third-order valence-corrected chi connectivity index (χ3v) is 8.97. The number of amides is 1. The number of hydrogen-bond acceptors (Lipinski definition) is 7. The van der Waals surface area contributed by atoms with Crippen molar-refractivity contribution in [3.8, 4) is 0 Å². The van der Waals surface area contributed by atoms with Crippen molar-refractivity contribution in [3.63, 3.8) is 0 Å². The number of ether oxygens (including phenoxy) is 1. The van der Waals surface area contributed by atoms with Gasteiger partial charge in [-0.15, -0.1) is 0 Å². The number of nitrogens with one attached hydrogen (secondary N) is 4. The number of rotatable bonds is 16. The van der Waals surface area contributed by atoms with E-state index in [4.69, 9.17) is 15.9 Å². The standard InChI is InChI=1S/C35H53N7O3/c1-7-31(35(23-26(2)41(5)6,27-15-10-8-11-16-27)28-17-12-9-13-18-28)45-33(44)39-24-30-20-21-34(3,4)42(30)40-29(25-43)19-14-22-38-32(36)37/h7-13,15-18,25-26,29-30,40H,14,19-24H2,1-6H3,(H,39,44)(H4,36,37,38)/b31-7-/t26?,29-,30?/m0/s1.